The van der Waals surface area contributed by atoms with Crippen LogP contribution in [0.15, 0.2) is 51.4 Å². The summed E-state index contributed by atoms with van der Waals surface area (Å²) in [6, 6.07) is 11.8. The quantitative estimate of drug-likeness (QED) is 0.800. The summed E-state index contributed by atoms with van der Waals surface area (Å²) in [5.74, 6) is 0. The number of benzene rings is 1. The Morgan fingerprint density at radius 3 is 2.70 bits per heavy atom. The first-order valence-corrected chi connectivity index (χ1v) is 7.38. The minimum absolute atomic E-state index is 0.188. The van der Waals surface area contributed by atoms with Gasteiger partial charge in [0.2, 0.25) is 0 Å². The van der Waals surface area contributed by atoms with Gasteiger partial charge in [-0.15, -0.1) is 11.3 Å². The van der Waals surface area contributed by atoms with Crippen LogP contribution >= 0.6 is 11.3 Å². The van der Waals surface area contributed by atoms with Crippen LogP contribution in [0.25, 0.3) is 10.2 Å². The molecule has 0 radical (unpaired) electrons. The summed E-state index contributed by atoms with van der Waals surface area (Å²) in [4.78, 5) is 26.9. The van der Waals surface area contributed by atoms with Crippen molar-refractivity contribution in [2.24, 2.45) is 0 Å². The second kappa shape index (κ2) is 5.46. The standard InChI is InChI=1S/C15H14N2O2S/c18-14-13-12(8-10-20-13)16-15(19)17(14)9-4-7-11-5-2-1-3-6-11/h1-3,5-6,8,10H,4,7,9H2,(H,16,19). The number of nitrogens with zero attached hydrogens (tertiary/aromatic N) is 1. The Bertz CT molecular complexity index is 830. The first-order valence-electron chi connectivity index (χ1n) is 6.50. The summed E-state index contributed by atoms with van der Waals surface area (Å²) in [7, 11) is 0. The molecule has 0 fully saturated rings. The van der Waals surface area contributed by atoms with E-state index in [1.54, 1.807) is 6.07 Å². The summed E-state index contributed by atoms with van der Waals surface area (Å²) in [5, 5.41) is 1.82. The highest BCUT2D eigenvalue weighted by Crippen LogP contribution is 2.12. The second-order valence-corrected chi connectivity index (χ2v) is 5.56. The minimum Gasteiger partial charge on any atom is -0.306 e. The van der Waals surface area contributed by atoms with E-state index in [9.17, 15) is 9.59 Å². The van der Waals surface area contributed by atoms with Gasteiger partial charge in [0.05, 0.1) is 5.52 Å². The third kappa shape index (κ3) is 2.44. The van der Waals surface area contributed by atoms with E-state index < -0.39 is 0 Å². The molecule has 3 aromatic rings. The van der Waals surface area contributed by atoms with E-state index >= 15 is 0 Å². The highest BCUT2D eigenvalue weighted by molar-refractivity contribution is 7.17. The van der Waals surface area contributed by atoms with Gasteiger partial charge < -0.3 is 4.98 Å². The fraction of sp³-hybridized carbons (Fsp3) is 0.200. The van der Waals surface area contributed by atoms with Crippen LogP contribution in [0, 0.1) is 0 Å². The number of aromatic nitrogens is 2. The van der Waals surface area contributed by atoms with Gasteiger partial charge in [-0.05, 0) is 29.9 Å². The van der Waals surface area contributed by atoms with E-state index in [4.69, 9.17) is 0 Å². The van der Waals surface area contributed by atoms with E-state index in [2.05, 4.69) is 17.1 Å². The van der Waals surface area contributed by atoms with Gasteiger partial charge in [0.25, 0.3) is 5.56 Å². The molecular formula is C15H14N2O2S. The number of aromatic amines is 1. The number of aryl methyl sites for hydroxylation is 1. The zero-order chi connectivity index (χ0) is 13.9. The van der Waals surface area contributed by atoms with Crippen LogP contribution in [-0.2, 0) is 13.0 Å². The van der Waals surface area contributed by atoms with Crippen molar-refractivity contribution in [3.8, 4) is 0 Å². The summed E-state index contributed by atoms with van der Waals surface area (Å²) < 4.78 is 1.91. The van der Waals surface area contributed by atoms with Crippen LogP contribution in [0.1, 0.15) is 12.0 Å². The van der Waals surface area contributed by atoms with Gasteiger partial charge in [-0.1, -0.05) is 30.3 Å². The Morgan fingerprint density at radius 2 is 1.90 bits per heavy atom. The largest absolute Gasteiger partial charge is 0.328 e. The summed E-state index contributed by atoms with van der Waals surface area (Å²) >= 11 is 1.36. The van der Waals surface area contributed by atoms with Crippen molar-refractivity contribution >= 4 is 21.6 Å². The Morgan fingerprint density at radius 1 is 1.10 bits per heavy atom. The fourth-order valence-electron chi connectivity index (χ4n) is 2.26. The molecule has 20 heavy (non-hydrogen) atoms. The molecule has 3 rings (SSSR count). The lowest BCUT2D eigenvalue weighted by molar-refractivity contribution is 0.597. The van der Waals surface area contributed by atoms with E-state index in [0.717, 1.165) is 12.8 Å². The average molecular weight is 286 g/mol. The summed E-state index contributed by atoms with van der Waals surface area (Å²) in [6.45, 7) is 0.441. The van der Waals surface area contributed by atoms with Crippen LogP contribution in [0.3, 0.4) is 0 Å². The molecule has 0 atom stereocenters. The van der Waals surface area contributed by atoms with E-state index in [-0.39, 0.29) is 11.2 Å². The number of H-pyrrole nitrogens is 1. The van der Waals surface area contributed by atoms with Crippen LogP contribution in [0.4, 0.5) is 0 Å². The SMILES string of the molecule is O=c1[nH]c2ccsc2c(=O)n1CCCc1ccccc1. The molecule has 0 unspecified atom stereocenters. The van der Waals surface area contributed by atoms with Gasteiger partial charge in [0.15, 0.2) is 0 Å². The van der Waals surface area contributed by atoms with Crippen molar-refractivity contribution < 1.29 is 0 Å². The number of nitrogens with one attached hydrogen (secondary N) is 1. The molecule has 1 N–H and O–H groups in total. The molecule has 0 aliphatic heterocycles. The summed E-state index contributed by atoms with van der Waals surface area (Å²) in [5.41, 5.74) is 1.33. The molecule has 4 nitrogen and oxygen atoms in total. The Kier molecular flexibility index (Phi) is 3.52. The maximum atomic E-state index is 12.2. The molecule has 0 saturated heterocycles. The van der Waals surface area contributed by atoms with Crippen LogP contribution in [0.2, 0.25) is 0 Å². The molecule has 1 aromatic carbocycles. The zero-order valence-corrected chi connectivity index (χ0v) is 11.7. The van der Waals surface area contributed by atoms with Gasteiger partial charge in [-0.2, -0.15) is 0 Å². The highest BCUT2D eigenvalue weighted by Gasteiger charge is 2.08. The van der Waals surface area contributed by atoms with Crippen molar-refractivity contribution in [3.63, 3.8) is 0 Å². The monoisotopic (exact) mass is 286 g/mol. The first kappa shape index (κ1) is 12.9. The molecule has 0 saturated carbocycles. The maximum absolute atomic E-state index is 12.2. The molecular weight excluding hydrogens is 272 g/mol. The number of fused-ring (bicyclic) bond motifs is 1. The molecule has 0 amide bonds. The fourth-order valence-corrected chi connectivity index (χ4v) is 3.06. The second-order valence-electron chi connectivity index (χ2n) is 4.64. The van der Waals surface area contributed by atoms with Gasteiger partial charge >= 0.3 is 5.69 Å². The summed E-state index contributed by atoms with van der Waals surface area (Å²) in [6.07, 6.45) is 1.62. The first-order chi connectivity index (χ1) is 9.75. The minimum atomic E-state index is -0.325. The lowest BCUT2D eigenvalue weighted by Crippen LogP contribution is -2.34. The van der Waals surface area contributed by atoms with Gasteiger partial charge in [0, 0.05) is 6.54 Å². The number of hydrogen-bond donors (Lipinski definition) is 1. The molecule has 5 heteroatoms. The topological polar surface area (TPSA) is 54.9 Å². The molecule has 0 aliphatic rings. The Labute approximate surface area is 119 Å². The van der Waals surface area contributed by atoms with Gasteiger partial charge in [0.1, 0.15) is 4.70 Å². The van der Waals surface area contributed by atoms with Gasteiger partial charge in [-0.3, -0.25) is 9.36 Å². The Hall–Kier alpha value is -2.14. The Balaban J connectivity index is 1.81. The maximum Gasteiger partial charge on any atom is 0.328 e. The zero-order valence-electron chi connectivity index (χ0n) is 10.8. The van der Waals surface area contributed by atoms with E-state index in [0.29, 0.717) is 16.8 Å². The van der Waals surface area contributed by atoms with Crippen molar-refractivity contribution in [2.45, 2.75) is 19.4 Å². The molecule has 0 bridgehead atoms. The van der Waals surface area contributed by atoms with E-state index in [1.165, 1.54) is 21.5 Å². The molecule has 2 aromatic heterocycles. The van der Waals surface area contributed by atoms with Crippen molar-refractivity contribution in [1.29, 1.82) is 0 Å². The van der Waals surface area contributed by atoms with Crippen LogP contribution in [0.5, 0.6) is 0 Å². The van der Waals surface area contributed by atoms with Crippen LogP contribution < -0.4 is 11.2 Å². The predicted molar refractivity (Wildman–Crippen MR) is 81.5 cm³/mol. The molecule has 2 heterocycles. The highest BCUT2D eigenvalue weighted by atomic mass is 32.1. The third-order valence-electron chi connectivity index (χ3n) is 3.28. The number of hydrogen-bond acceptors (Lipinski definition) is 3. The normalized spacial score (nSPS) is 11.0. The van der Waals surface area contributed by atoms with Crippen molar-refractivity contribution in [1.82, 2.24) is 9.55 Å². The lowest BCUT2D eigenvalue weighted by atomic mass is 10.1. The smallest absolute Gasteiger partial charge is 0.306 e. The molecule has 102 valence electrons. The van der Waals surface area contributed by atoms with Crippen LogP contribution in [-0.4, -0.2) is 9.55 Å². The average Bonchev–Trinajstić information content (AvgIpc) is 2.92. The van der Waals surface area contributed by atoms with Crippen molar-refractivity contribution in [2.75, 3.05) is 0 Å². The molecule has 0 aliphatic carbocycles. The third-order valence-corrected chi connectivity index (χ3v) is 4.18. The van der Waals surface area contributed by atoms with Crippen molar-refractivity contribution in [3.05, 3.63) is 68.2 Å². The van der Waals surface area contributed by atoms with Gasteiger partial charge in [-0.25, -0.2) is 4.79 Å². The predicted octanol–water partition coefficient (Wildman–Crippen LogP) is 2.38. The number of rotatable bonds is 4. The van der Waals surface area contributed by atoms with E-state index in [1.807, 2.05) is 23.6 Å². The lowest BCUT2D eigenvalue weighted by Gasteiger charge is -2.05. The number of thiophene rings is 1. The molecule has 0 spiro atoms.